The molecule has 0 spiro atoms. The molecule has 0 unspecified atom stereocenters. The summed E-state index contributed by atoms with van der Waals surface area (Å²) in [6.07, 6.45) is 6.72. The zero-order chi connectivity index (χ0) is 12.5. The average Bonchev–Trinajstić information content (AvgIpc) is 2.96. The predicted molar refractivity (Wildman–Crippen MR) is 66.8 cm³/mol. The Balaban J connectivity index is 1.81. The Morgan fingerprint density at radius 3 is 2.94 bits per heavy atom. The molecule has 0 aliphatic heterocycles. The highest BCUT2D eigenvalue weighted by atomic mass is 16.4. The van der Waals surface area contributed by atoms with Crippen molar-refractivity contribution in [1.82, 2.24) is 9.55 Å². The molecule has 0 amide bonds. The summed E-state index contributed by atoms with van der Waals surface area (Å²) in [6.45, 7) is 0.674. The van der Waals surface area contributed by atoms with Gasteiger partial charge in [0, 0.05) is 12.7 Å². The van der Waals surface area contributed by atoms with Crippen LogP contribution in [0.3, 0.4) is 0 Å². The number of carboxylic acid groups (broad SMARTS) is 1. The minimum Gasteiger partial charge on any atom is -0.476 e. The maximum absolute atomic E-state index is 10.7. The minimum atomic E-state index is -0.984. The summed E-state index contributed by atoms with van der Waals surface area (Å²) >= 11 is 0. The summed E-state index contributed by atoms with van der Waals surface area (Å²) in [5.74, 6) is -0.984. The molecule has 3 rings (SSSR count). The topological polar surface area (TPSA) is 55.1 Å². The fraction of sp³-hybridized carbons (Fsp3) is 0.286. The summed E-state index contributed by atoms with van der Waals surface area (Å²) in [6, 6.07) is 6.53. The van der Waals surface area contributed by atoms with E-state index in [2.05, 4.69) is 23.2 Å². The van der Waals surface area contributed by atoms with Gasteiger partial charge in [0.05, 0.1) is 6.33 Å². The molecule has 1 heterocycles. The lowest BCUT2D eigenvalue weighted by Gasteiger charge is -2.05. The van der Waals surface area contributed by atoms with E-state index in [9.17, 15) is 4.79 Å². The Kier molecular flexibility index (Phi) is 2.63. The second kappa shape index (κ2) is 4.29. The van der Waals surface area contributed by atoms with Crippen LogP contribution in [0.25, 0.3) is 0 Å². The Morgan fingerprint density at radius 1 is 1.33 bits per heavy atom. The van der Waals surface area contributed by atoms with Gasteiger partial charge in [0.25, 0.3) is 0 Å². The van der Waals surface area contributed by atoms with Gasteiger partial charge in [-0.1, -0.05) is 18.2 Å². The van der Waals surface area contributed by atoms with Crippen molar-refractivity contribution >= 4 is 5.97 Å². The largest absolute Gasteiger partial charge is 0.476 e. The first-order chi connectivity index (χ1) is 8.72. The molecule has 0 saturated carbocycles. The quantitative estimate of drug-likeness (QED) is 0.896. The van der Waals surface area contributed by atoms with E-state index in [4.69, 9.17) is 5.11 Å². The van der Waals surface area contributed by atoms with E-state index < -0.39 is 5.97 Å². The maximum atomic E-state index is 10.7. The van der Waals surface area contributed by atoms with Crippen LogP contribution >= 0.6 is 0 Å². The molecule has 0 saturated heterocycles. The molecule has 18 heavy (non-hydrogen) atoms. The molecule has 92 valence electrons. The molecular formula is C14H14N2O2. The highest BCUT2D eigenvalue weighted by molar-refractivity contribution is 5.84. The van der Waals surface area contributed by atoms with E-state index in [0.717, 1.165) is 6.42 Å². The van der Waals surface area contributed by atoms with Gasteiger partial charge in [-0.15, -0.1) is 0 Å². The van der Waals surface area contributed by atoms with Gasteiger partial charge < -0.3 is 9.67 Å². The molecule has 4 heteroatoms. The van der Waals surface area contributed by atoms with E-state index in [-0.39, 0.29) is 5.69 Å². The monoisotopic (exact) mass is 242 g/mol. The molecule has 2 aromatic rings. The van der Waals surface area contributed by atoms with Gasteiger partial charge >= 0.3 is 5.97 Å². The van der Waals surface area contributed by atoms with Crippen LogP contribution in [0.4, 0.5) is 0 Å². The number of benzene rings is 1. The molecule has 4 nitrogen and oxygen atoms in total. The SMILES string of the molecule is O=C(O)c1cn(Cc2ccc3c(c2)CCC3)cn1. The lowest BCUT2D eigenvalue weighted by Crippen LogP contribution is -1.99. The van der Waals surface area contributed by atoms with E-state index in [1.807, 2.05) is 0 Å². The van der Waals surface area contributed by atoms with E-state index >= 15 is 0 Å². The number of carboxylic acids is 1. The molecule has 1 N–H and O–H groups in total. The molecule has 1 aromatic carbocycles. The second-order valence-corrected chi connectivity index (χ2v) is 4.69. The Bertz CT molecular complexity index is 602. The summed E-state index contributed by atoms with van der Waals surface area (Å²) in [4.78, 5) is 14.6. The number of hydrogen-bond acceptors (Lipinski definition) is 2. The van der Waals surface area contributed by atoms with Crippen molar-refractivity contribution in [3.63, 3.8) is 0 Å². The Hall–Kier alpha value is -2.10. The molecular weight excluding hydrogens is 228 g/mol. The van der Waals surface area contributed by atoms with Crippen LogP contribution in [0.15, 0.2) is 30.7 Å². The molecule has 0 fully saturated rings. The van der Waals surface area contributed by atoms with Gasteiger partial charge in [0.1, 0.15) is 0 Å². The Labute approximate surface area is 105 Å². The molecule has 1 aliphatic rings. The van der Waals surface area contributed by atoms with Crippen LogP contribution < -0.4 is 0 Å². The number of hydrogen-bond donors (Lipinski definition) is 1. The normalized spacial score (nSPS) is 13.6. The van der Waals surface area contributed by atoms with Crippen molar-refractivity contribution in [2.75, 3.05) is 0 Å². The zero-order valence-corrected chi connectivity index (χ0v) is 9.97. The van der Waals surface area contributed by atoms with Crippen molar-refractivity contribution in [2.45, 2.75) is 25.8 Å². The maximum Gasteiger partial charge on any atom is 0.356 e. The zero-order valence-electron chi connectivity index (χ0n) is 9.97. The average molecular weight is 242 g/mol. The van der Waals surface area contributed by atoms with Crippen molar-refractivity contribution in [3.05, 3.63) is 53.1 Å². The standard InChI is InChI=1S/C14H14N2O2/c17-14(18)13-8-16(9-15-13)7-10-4-5-11-2-1-3-12(11)6-10/h4-6,8-9H,1-3,7H2,(H,17,18). The number of nitrogens with zero attached hydrogens (tertiary/aromatic N) is 2. The highest BCUT2D eigenvalue weighted by Crippen LogP contribution is 2.23. The van der Waals surface area contributed by atoms with Crippen LogP contribution in [0.1, 0.15) is 33.6 Å². The minimum absolute atomic E-state index is 0.0937. The van der Waals surface area contributed by atoms with Gasteiger partial charge in [-0.2, -0.15) is 0 Å². The number of rotatable bonds is 3. The molecule has 0 bridgehead atoms. The van der Waals surface area contributed by atoms with Crippen molar-refractivity contribution in [2.24, 2.45) is 0 Å². The summed E-state index contributed by atoms with van der Waals surface area (Å²) in [5.41, 5.74) is 4.18. The van der Waals surface area contributed by atoms with E-state index in [1.54, 1.807) is 17.1 Å². The number of aryl methyl sites for hydroxylation is 2. The first kappa shape index (κ1) is 11.0. The summed E-state index contributed by atoms with van der Waals surface area (Å²) in [7, 11) is 0. The summed E-state index contributed by atoms with van der Waals surface area (Å²) < 4.78 is 1.81. The number of fused-ring (bicyclic) bond motifs is 1. The second-order valence-electron chi connectivity index (χ2n) is 4.69. The number of imidazole rings is 1. The lowest BCUT2D eigenvalue weighted by atomic mass is 10.1. The fourth-order valence-corrected chi connectivity index (χ4v) is 2.49. The first-order valence-corrected chi connectivity index (χ1v) is 6.08. The predicted octanol–water partition coefficient (Wildman–Crippen LogP) is 2.12. The van der Waals surface area contributed by atoms with Gasteiger partial charge in [0.15, 0.2) is 5.69 Å². The third-order valence-corrected chi connectivity index (χ3v) is 3.38. The van der Waals surface area contributed by atoms with Crippen molar-refractivity contribution < 1.29 is 9.90 Å². The van der Waals surface area contributed by atoms with Crippen molar-refractivity contribution in [1.29, 1.82) is 0 Å². The van der Waals surface area contributed by atoms with Crippen LogP contribution in [-0.2, 0) is 19.4 Å². The number of aromatic carboxylic acids is 1. The smallest absolute Gasteiger partial charge is 0.356 e. The van der Waals surface area contributed by atoms with Gasteiger partial charge in [-0.05, 0) is 36.0 Å². The van der Waals surface area contributed by atoms with Crippen LogP contribution in [0.2, 0.25) is 0 Å². The molecule has 1 aromatic heterocycles. The lowest BCUT2D eigenvalue weighted by molar-refractivity contribution is 0.0691. The van der Waals surface area contributed by atoms with Gasteiger partial charge in [-0.25, -0.2) is 9.78 Å². The van der Waals surface area contributed by atoms with E-state index in [0.29, 0.717) is 6.54 Å². The van der Waals surface area contributed by atoms with Gasteiger partial charge in [0.2, 0.25) is 0 Å². The van der Waals surface area contributed by atoms with E-state index in [1.165, 1.54) is 29.5 Å². The number of aromatic nitrogens is 2. The van der Waals surface area contributed by atoms with Crippen LogP contribution in [0, 0.1) is 0 Å². The van der Waals surface area contributed by atoms with Gasteiger partial charge in [-0.3, -0.25) is 0 Å². The summed E-state index contributed by atoms with van der Waals surface area (Å²) in [5, 5.41) is 8.82. The highest BCUT2D eigenvalue weighted by Gasteiger charge is 2.11. The number of carbonyl (C=O) groups is 1. The Morgan fingerprint density at radius 2 is 2.17 bits per heavy atom. The van der Waals surface area contributed by atoms with Crippen LogP contribution in [-0.4, -0.2) is 20.6 Å². The van der Waals surface area contributed by atoms with Crippen molar-refractivity contribution in [3.8, 4) is 0 Å². The third-order valence-electron chi connectivity index (χ3n) is 3.38. The molecule has 0 atom stereocenters. The fourth-order valence-electron chi connectivity index (χ4n) is 2.49. The first-order valence-electron chi connectivity index (χ1n) is 6.08. The van der Waals surface area contributed by atoms with Crippen LogP contribution in [0.5, 0.6) is 0 Å². The molecule has 1 aliphatic carbocycles. The molecule has 0 radical (unpaired) electrons. The third kappa shape index (κ3) is 2.01.